The van der Waals surface area contributed by atoms with E-state index in [-0.39, 0.29) is 29.5 Å². The fraction of sp³-hybridized carbons (Fsp3) is 0.556. The summed E-state index contributed by atoms with van der Waals surface area (Å²) in [6.45, 7) is 3.72. The van der Waals surface area contributed by atoms with Crippen molar-refractivity contribution < 1.29 is 9.18 Å². The minimum Gasteiger partial charge on any atom is -0.370 e. The molecule has 0 heterocycles. The van der Waals surface area contributed by atoms with Gasteiger partial charge < -0.3 is 16.4 Å². The van der Waals surface area contributed by atoms with Crippen LogP contribution in [0.2, 0.25) is 0 Å². The standard InChI is InChI=1S/C18H29FN4O.HI/c1-2-3-4-5-6-9-12-22-18(20)23-14-13-21-17(24)15-10-7-8-11-16(15)19;/h7-8,10-11H,2-6,9,12-14H2,1H3,(H,21,24)(H3,20,22,23);1H. The lowest BCUT2D eigenvalue weighted by Gasteiger charge is -2.08. The molecule has 1 aromatic rings. The van der Waals surface area contributed by atoms with Gasteiger partial charge in [-0.3, -0.25) is 9.79 Å². The Kier molecular flexibility index (Phi) is 14.1. The monoisotopic (exact) mass is 464 g/mol. The van der Waals surface area contributed by atoms with Crippen molar-refractivity contribution in [3.8, 4) is 0 Å². The summed E-state index contributed by atoms with van der Waals surface area (Å²) in [4.78, 5) is 16.0. The van der Waals surface area contributed by atoms with Crippen molar-refractivity contribution in [3.05, 3.63) is 35.6 Å². The number of hydrogen-bond donors (Lipinski definition) is 3. The number of hydrogen-bond acceptors (Lipinski definition) is 2. The van der Waals surface area contributed by atoms with E-state index in [0.29, 0.717) is 25.6 Å². The summed E-state index contributed by atoms with van der Waals surface area (Å²) in [6.07, 6.45) is 7.30. The number of nitrogens with one attached hydrogen (secondary N) is 2. The smallest absolute Gasteiger partial charge is 0.254 e. The van der Waals surface area contributed by atoms with Gasteiger partial charge in [0, 0.05) is 19.6 Å². The molecule has 0 saturated heterocycles. The topological polar surface area (TPSA) is 79.5 Å². The summed E-state index contributed by atoms with van der Waals surface area (Å²) in [7, 11) is 0. The van der Waals surface area contributed by atoms with Crippen LogP contribution in [0.1, 0.15) is 55.8 Å². The van der Waals surface area contributed by atoms with Crippen LogP contribution in [0, 0.1) is 5.82 Å². The van der Waals surface area contributed by atoms with E-state index in [1.807, 2.05) is 0 Å². The van der Waals surface area contributed by atoms with Crippen LogP contribution < -0.4 is 16.4 Å². The van der Waals surface area contributed by atoms with Crippen molar-refractivity contribution in [2.24, 2.45) is 10.7 Å². The van der Waals surface area contributed by atoms with E-state index in [1.165, 1.54) is 44.2 Å². The highest BCUT2D eigenvalue weighted by atomic mass is 127. The normalized spacial score (nSPS) is 10.9. The van der Waals surface area contributed by atoms with Crippen LogP contribution in [0.15, 0.2) is 29.3 Å². The summed E-state index contributed by atoms with van der Waals surface area (Å²) in [5, 5.41) is 5.57. The van der Waals surface area contributed by atoms with E-state index in [0.717, 1.165) is 6.42 Å². The molecule has 0 radical (unpaired) electrons. The van der Waals surface area contributed by atoms with Crippen LogP contribution in [0.25, 0.3) is 0 Å². The first kappa shape index (κ1) is 23.6. The number of nitrogens with two attached hydrogens (primary N) is 1. The number of carbonyl (C=O) groups is 1. The van der Waals surface area contributed by atoms with Gasteiger partial charge in [0.1, 0.15) is 5.82 Å². The molecule has 0 fully saturated rings. The first-order valence-corrected chi connectivity index (χ1v) is 8.71. The highest BCUT2D eigenvalue weighted by Crippen LogP contribution is 2.05. The molecule has 0 aliphatic rings. The molecule has 0 bridgehead atoms. The number of unbranched alkanes of at least 4 members (excludes halogenated alkanes) is 5. The van der Waals surface area contributed by atoms with Gasteiger partial charge in [0.2, 0.25) is 0 Å². The maximum absolute atomic E-state index is 13.4. The number of aliphatic imine (C=N–C) groups is 1. The Hall–Kier alpha value is -1.38. The molecule has 5 nitrogen and oxygen atoms in total. The zero-order chi connectivity index (χ0) is 17.6. The van der Waals surface area contributed by atoms with Crippen LogP contribution in [0.3, 0.4) is 0 Å². The fourth-order valence-electron chi connectivity index (χ4n) is 2.25. The van der Waals surface area contributed by atoms with Crippen LogP contribution in [-0.2, 0) is 0 Å². The summed E-state index contributed by atoms with van der Waals surface area (Å²) in [5.41, 5.74) is 5.80. The zero-order valence-electron chi connectivity index (χ0n) is 14.9. The van der Waals surface area contributed by atoms with Gasteiger partial charge in [-0.25, -0.2) is 4.39 Å². The van der Waals surface area contributed by atoms with Crippen LogP contribution in [-0.4, -0.2) is 31.5 Å². The second-order valence-corrected chi connectivity index (χ2v) is 5.70. The van der Waals surface area contributed by atoms with Crippen molar-refractivity contribution in [3.63, 3.8) is 0 Å². The molecule has 0 aliphatic heterocycles. The second kappa shape index (κ2) is 14.9. The van der Waals surface area contributed by atoms with E-state index in [2.05, 4.69) is 22.5 Å². The Balaban J connectivity index is 0.00000576. The molecule has 0 saturated carbocycles. The van der Waals surface area contributed by atoms with E-state index in [9.17, 15) is 9.18 Å². The quantitative estimate of drug-likeness (QED) is 0.203. The number of carbonyl (C=O) groups excluding carboxylic acids is 1. The Labute approximate surface area is 167 Å². The molecule has 0 aromatic heterocycles. The SMILES string of the molecule is CCCCCCCCN=C(N)NCCNC(=O)c1ccccc1F.I. The van der Waals surface area contributed by atoms with Gasteiger partial charge in [0.15, 0.2) is 5.96 Å². The third-order valence-electron chi connectivity index (χ3n) is 3.63. The zero-order valence-corrected chi connectivity index (χ0v) is 17.2. The molecule has 0 atom stereocenters. The molecule has 142 valence electrons. The summed E-state index contributed by atoms with van der Waals surface area (Å²) in [5.74, 6) is -0.579. The van der Waals surface area contributed by atoms with Crippen LogP contribution in [0.5, 0.6) is 0 Å². The number of nitrogens with zero attached hydrogens (tertiary/aromatic N) is 1. The van der Waals surface area contributed by atoms with E-state index in [4.69, 9.17) is 5.73 Å². The first-order valence-electron chi connectivity index (χ1n) is 8.71. The third kappa shape index (κ3) is 11.0. The molecule has 4 N–H and O–H groups in total. The van der Waals surface area contributed by atoms with E-state index in [1.54, 1.807) is 12.1 Å². The lowest BCUT2D eigenvalue weighted by molar-refractivity contribution is 0.0950. The Morgan fingerprint density at radius 1 is 1.08 bits per heavy atom. The molecule has 0 aliphatic carbocycles. The number of rotatable bonds is 11. The van der Waals surface area contributed by atoms with Gasteiger partial charge in [0.05, 0.1) is 5.56 Å². The summed E-state index contributed by atoms with van der Waals surface area (Å²) < 4.78 is 13.4. The Morgan fingerprint density at radius 3 is 2.44 bits per heavy atom. The number of halogens is 2. The minimum atomic E-state index is -0.525. The van der Waals surface area contributed by atoms with Gasteiger partial charge in [-0.1, -0.05) is 51.2 Å². The van der Waals surface area contributed by atoms with E-state index >= 15 is 0 Å². The summed E-state index contributed by atoms with van der Waals surface area (Å²) >= 11 is 0. The van der Waals surface area contributed by atoms with E-state index < -0.39 is 11.7 Å². The van der Waals surface area contributed by atoms with Crippen molar-refractivity contribution in [2.45, 2.75) is 45.4 Å². The van der Waals surface area contributed by atoms with Gasteiger partial charge in [-0.15, -0.1) is 24.0 Å². The third-order valence-corrected chi connectivity index (χ3v) is 3.63. The molecule has 1 aromatic carbocycles. The highest BCUT2D eigenvalue weighted by Gasteiger charge is 2.09. The van der Waals surface area contributed by atoms with Crippen molar-refractivity contribution in [1.82, 2.24) is 10.6 Å². The number of amides is 1. The minimum absolute atomic E-state index is 0. The van der Waals surface area contributed by atoms with Crippen molar-refractivity contribution >= 4 is 35.8 Å². The maximum atomic E-state index is 13.4. The lowest BCUT2D eigenvalue weighted by atomic mass is 10.1. The van der Waals surface area contributed by atoms with Crippen molar-refractivity contribution in [1.29, 1.82) is 0 Å². The van der Waals surface area contributed by atoms with Gasteiger partial charge >= 0.3 is 0 Å². The highest BCUT2D eigenvalue weighted by molar-refractivity contribution is 14.0. The molecular weight excluding hydrogens is 434 g/mol. The Morgan fingerprint density at radius 2 is 1.72 bits per heavy atom. The van der Waals surface area contributed by atoms with Gasteiger partial charge in [0.25, 0.3) is 5.91 Å². The largest absolute Gasteiger partial charge is 0.370 e. The second-order valence-electron chi connectivity index (χ2n) is 5.70. The fourth-order valence-corrected chi connectivity index (χ4v) is 2.25. The first-order chi connectivity index (χ1) is 11.6. The number of benzene rings is 1. The predicted molar refractivity (Wildman–Crippen MR) is 112 cm³/mol. The average Bonchev–Trinajstić information content (AvgIpc) is 2.58. The molecule has 0 unspecified atom stereocenters. The van der Waals surface area contributed by atoms with Gasteiger partial charge in [-0.05, 0) is 18.6 Å². The molecule has 0 spiro atoms. The molecule has 1 amide bonds. The maximum Gasteiger partial charge on any atom is 0.254 e. The van der Waals surface area contributed by atoms with Gasteiger partial charge in [-0.2, -0.15) is 0 Å². The molecular formula is C18H30FIN4O. The average molecular weight is 464 g/mol. The Bertz CT molecular complexity index is 526. The lowest BCUT2D eigenvalue weighted by Crippen LogP contribution is -2.38. The van der Waals surface area contributed by atoms with Crippen LogP contribution in [0.4, 0.5) is 4.39 Å². The molecule has 1 rings (SSSR count). The molecule has 7 heteroatoms. The van der Waals surface area contributed by atoms with Crippen LogP contribution >= 0.6 is 24.0 Å². The molecule has 25 heavy (non-hydrogen) atoms. The predicted octanol–water partition coefficient (Wildman–Crippen LogP) is 3.44. The van der Waals surface area contributed by atoms with Crippen molar-refractivity contribution in [2.75, 3.05) is 19.6 Å². The number of guanidine groups is 1. The summed E-state index contributed by atoms with van der Waals surface area (Å²) in [6, 6.07) is 5.90.